The molecule has 158 valence electrons. The first-order valence-corrected chi connectivity index (χ1v) is 10.6. The second-order valence-corrected chi connectivity index (χ2v) is 9.22. The minimum absolute atomic E-state index is 0.0787. The van der Waals surface area contributed by atoms with E-state index >= 15 is 0 Å². The summed E-state index contributed by atoms with van der Waals surface area (Å²) in [6.07, 6.45) is 7.94. The second-order valence-electron chi connectivity index (χ2n) is 9.22. The van der Waals surface area contributed by atoms with E-state index in [1.165, 1.54) is 52.7 Å². The highest BCUT2D eigenvalue weighted by atomic mass is 16.5. The van der Waals surface area contributed by atoms with Gasteiger partial charge >= 0.3 is 5.97 Å². The first kappa shape index (κ1) is 20.0. The van der Waals surface area contributed by atoms with Crippen LogP contribution in [-0.4, -0.2) is 38.7 Å². The Labute approximate surface area is 172 Å². The molecule has 0 aliphatic heterocycles. The lowest BCUT2D eigenvalue weighted by molar-refractivity contribution is -0.127. The average Bonchev–Trinajstić information content (AvgIpc) is 2.70. The van der Waals surface area contributed by atoms with Gasteiger partial charge in [0, 0.05) is 6.04 Å². The number of amides is 1. The van der Waals surface area contributed by atoms with Crippen molar-refractivity contribution in [3.8, 4) is 11.5 Å². The van der Waals surface area contributed by atoms with E-state index in [-0.39, 0.29) is 24.0 Å². The zero-order chi connectivity index (χ0) is 20.6. The quantitative estimate of drug-likeness (QED) is 0.707. The van der Waals surface area contributed by atoms with Gasteiger partial charge in [-0.2, -0.15) is 0 Å². The van der Waals surface area contributed by atoms with Crippen molar-refractivity contribution in [1.82, 2.24) is 5.32 Å². The predicted molar refractivity (Wildman–Crippen MR) is 108 cm³/mol. The van der Waals surface area contributed by atoms with E-state index < -0.39 is 5.97 Å². The van der Waals surface area contributed by atoms with Gasteiger partial charge in [0.15, 0.2) is 18.1 Å². The van der Waals surface area contributed by atoms with E-state index in [1.54, 1.807) is 18.2 Å². The predicted octanol–water partition coefficient (Wildman–Crippen LogP) is 3.58. The van der Waals surface area contributed by atoms with Crippen LogP contribution >= 0.6 is 0 Å². The van der Waals surface area contributed by atoms with E-state index in [0.29, 0.717) is 17.1 Å². The SMILES string of the molecule is COC(=O)c1ccc(OCC(=O)N[C@@H](C)C23CC4CC(CC(C4)C2)C3)c(OC)c1. The van der Waals surface area contributed by atoms with Crippen molar-refractivity contribution in [3.05, 3.63) is 23.8 Å². The largest absolute Gasteiger partial charge is 0.493 e. The highest BCUT2D eigenvalue weighted by Crippen LogP contribution is 2.61. The van der Waals surface area contributed by atoms with Crippen LogP contribution in [0.15, 0.2) is 18.2 Å². The first-order chi connectivity index (χ1) is 13.9. The molecule has 0 saturated heterocycles. The monoisotopic (exact) mass is 401 g/mol. The van der Waals surface area contributed by atoms with Crippen LogP contribution in [0.5, 0.6) is 11.5 Å². The average molecular weight is 402 g/mol. The molecule has 1 amide bonds. The summed E-state index contributed by atoms with van der Waals surface area (Å²) in [5, 5.41) is 3.20. The van der Waals surface area contributed by atoms with Gasteiger partial charge in [-0.1, -0.05) is 0 Å². The molecule has 4 aliphatic carbocycles. The third-order valence-electron chi connectivity index (χ3n) is 7.33. The van der Waals surface area contributed by atoms with Crippen molar-refractivity contribution in [2.75, 3.05) is 20.8 Å². The number of methoxy groups -OCH3 is 2. The molecule has 0 unspecified atom stereocenters. The Morgan fingerprint density at radius 3 is 2.24 bits per heavy atom. The molecule has 5 rings (SSSR count). The topological polar surface area (TPSA) is 73.9 Å². The summed E-state index contributed by atoms with van der Waals surface area (Å²) in [5.41, 5.74) is 0.640. The van der Waals surface area contributed by atoms with Gasteiger partial charge in [0.25, 0.3) is 5.91 Å². The number of hydrogen-bond acceptors (Lipinski definition) is 5. The number of hydrogen-bond donors (Lipinski definition) is 1. The van der Waals surface area contributed by atoms with Crippen molar-refractivity contribution in [1.29, 1.82) is 0 Å². The van der Waals surface area contributed by atoms with Crippen LogP contribution < -0.4 is 14.8 Å². The fraction of sp³-hybridized carbons (Fsp3) is 0.652. The molecule has 1 atom stereocenters. The fourth-order valence-electron chi connectivity index (χ4n) is 6.32. The maximum Gasteiger partial charge on any atom is 0.337 e. The molecule has 6 heteroatoms. The molecule has 0 spiro atoms. The number of ether oxygens (including phenoxy) is 3. The Hall–Kier alpha value is -2.24. The van der Waals surface area contributed by atoms with Crippen LogP contribution in [0.2, 0.25) is 0 Å². The number of rotatable bonds is 7. The zero-order valence-electron chi connectivity index (χ0n) is 17.5. The molecule has 1 N–H and O–H groups in total. The van der Waals surface area contributed by atoms with Crippen molar-refractivity contribution >= 4 is 11.9 Å². The van der Waals surface area contributed by atoms with Gasteiger partial charge < -0.3 is 19.5 Å². The highest BCUT2D eigenvalue weighted by Gasteiger charge is 2.53. The van der Waals surface area contributed by atoms with E-state index in [4.69, 9.17) is 14.2 Å². The molecule has 0 aromatic heterocycles. The second kappa shape index (κ2) is 7.88. The summed E-state index contributed by atoms with van der Waals surface area (Å²) in [7, 11) is 2.83. The minimum Gasteiger partial charge on any atom is -0.493 e. The first-order valence-electron chi connectivity index (χ1n) is 10.6. The molecule has 4 fully saturated rings. The molecular weight excluding hydrogens is 370 g/mol. The Bertz CT molecular complexity index is 754. The van der Waals surface area contributed by atoms with Crippen LogP contribution in [0, 0.1) is 23.2 Å². The molecule has 4 bridgehead atoms. The molecule has 1 aromatic carbocycles. The molecule has 0 radical (unpaired) electrons. The van der Waals surface area contributed by atoms with Gasteiger partial charge in [-0.15, -0.1) is 0 Å². The molecule has 1 aromatic rings. The normalized spacial score (nSPS) is 30.5. The fourth-order valence-corrected chi connectivity index (χ4v) is 6.32. The number of nitrogens with one attached hydrogen (secondary N) is 1. The lowest BCUT2D eigenvalue weighted by Gasteiger charge is -2.59. The number of carbonyl (C=O) groups is 2. The molecular formula is C23H31NO5. The van der Waals surface area contributed by atoms with E-state index in [0.717, 1.165) is 17.8 Å². The Morgan fingerprint density at radius 1 is 1.07 bits per heavy atom. The molecule has 0 heterocycles. The van der Waals surface area contributed by atoms with E-state index in [9.17, 15) is 9.59 Å². The molecule has 29 heavy (non-hydrogen) atoms. The summed E-state index contributed by atoms with van der Waals surface area (Å²) >= 11 is 0. The van der Waals surface area contributed by atoms with Crippen molar-refractivity contribution < 1.29 is 23.8 Å². The third kappa shape index (κ3) is 3.94. The number of carbonyl (C=O) groups excluding carboxylic acids is 2. The zero-order valence-corrected chi connectivity index (χ0v) is 17.5. The Kier molecular flexibility index (Phi) is 5.45. The van der Waals surface area contributed by atoms with Crippen LogP contribution in [0.3, 0.4) is 0 Å². The maximum absolute atomic E-state index is 12.6. The lowest BCUT2D eigenvalue weighted by atomic mass is 9.48. The van der Waals surface area contributed by atoms with E-state index in [2.05, 4.69) is 12.2 Å². The smallest absolute Gasteiger partial charge is 0.337 e. The molecule has 6 nitrogen and oxygen atoms in total. The summed E-state index contributed by atoms with van der Waals surface area (Å²) in [6.45, 7) is 2.08. The van der Waals surface area contributed by atoms with Crippen LogP contribution in [0.25, 0.3) is 0 Å². The molecule has 4 aliphatic rings. The van der Waals surface area contributed by atoms with Gasteiger partial charge in [0.1, 0.15) is 0 Å². The minimum atomic E-state index is -0.447. The van der Waals surface area contributed by atoms with Crippen LogP contribution in [0.4, 0.5) is 0 Å². The number of esters is 1. The summed E-state index contributed by atoms with van der Waals surface area (Å²) in [6, 6.07) is 4.94. The van der Waals surface area contributed by atoms with E-state index in [1.807, 2.05) is 0 Å². The van der Waals surface area contributed by atoms with Crippen molar-refractivity contribution in [2.24, 2.45) is 23.2 Å². The molecule has 4 saturated carbocycles. The lowest BCUT2D eigenvalue weighted by Crippen LogP contribution is -2.56. The third-order valence-corrected chi connectivity index (χ3v) is 7.33. The Balaban J connectivity index is 1.35. The Morgan fingerprint density at radius 2 is 1.69 bits per heavy atom. The van der Waals surface area contributed by atoms with Crippen LogP contribution in [0.1, 0.15) is 55.8 Å². The van der Waals surface area contributed by atoms with Gasteiger partial charge in [0.2, 0.25) is 0 Å². The summed E-state index contributed by atoms with van der Waals surface area (Å²) in [5.74, 6) is 2.83. The standard InChI is InChI=1S/C23H31NO5/c1-14(23-10-15-6-16(11-23)8-17(7-15)12-23)24-21(25)13-29-19-5-4-18(22(26)28-3)9-20(19)27-2/h4-5,9,14-17H,6-8,10-13H2,1-3H3,(H,24,25)/t14-,15?,16?,17?,23?/m0/s1. The van der Waals surface area contributed by atoms with Gasteiger partial charge in [-0.25, -0.2) is 4.79 Å². The maximum atomic E-state index is 12.6. The van der Waals surface area contributed by atoms with Gasteiger partial charge in [0.05, 0.1) is 19.8 Å². The van der Waals surface area contributed by atoms with Crippen molar-refractivity contribution in [2.45, 2.75) is 51.5 Å². The van der Waals surface area contributed by atoms with Gasteiger partial charge in [-0.05, 0) is 86.8 Å². The highest BCUT2D eigenvalue weighted by molar-refractivity contribution is 5.90. The summed E-state index contributed by atoms with van der Waals surface area (Å²) < 4.78 is 15.7. The van der Waals surface area contributed by atoms with Crippen LogP contribution in [-0.2, 0) is 9.53 Å². The summed E-state index contributed by atoms with van der Waals surface area (Å²) in [4.78, 5) is 24.3. The number of benzene rings is 1. The van der Waals surface area contributed by atoms with Gasteiger partial charge in [-0.3, -0.25) is 4.79 Å². The van der Waals surface area contributed by atoms with Crippen molar-refractivity contribution in [3.63, 3.8) is 0 Å².